The van der Waals surface area contributed by atoms with Crippen molar-refractivity contribution in [3.63, 3.8) is 0 Å². The number of furan rings is 1. The lowest BCUT2D eigenvalue weighted by atomic mass is 10.0. The molecule has 0 bridgehead atoms. The van der Waals surface area contributed by atoms with Crippen molar-refractivity contribution in [2.75, 3.05) is 13.6 Å². The van der Waals surface area contributed by atoms with Crippen LogP contribution in [-0.2, 0) is 6.54 Å². The molecule has 1 heterocycles. The topological polar surface area (TPSA) is 42.4 Å². The first-order valence-electron chi connectivity index (χ1n) is 6.42. The molecule has 0 fully saturated rings. The summed E-state index contributed by atoms with van der Waals surface area (Å²) in [7, 11) is 1.91. The molecule has 2 N–H and O–H groups in total. The molecule has 5 heteroatoms. The number of hydrogen-bond acceptors (Lipinski definition) is 3. The van der Waals surface area contributed by atoms with Crippen LogP contribution in [0.5, 0.6) is 0 Å². The van der Waals surface area contributed by atoms with Gasteiger partial charge in [0, 0.05) is 16.6 Å². The van der Waals surface area contributed by atoms with Gasteiger partial charge in [-0.3, -0.25) is 4.90 Å². The molecule has 0 aliphatic carbocycles. The summed E-state index contributed by atoms with van der Waals surface area (Å²) < 4.78 is 20.3. The van der Waals surface area contributed by atoms with Gasteiger partial charge in [0.15, 0.2) is 0 Å². The molecular weight excluding hydrogens is 323 g/mol. The average molecular weight is 341 g/mol. The molecule has 0 radical (unpaired) electrons. The van der Waals surface area contributed by atoms with Crippen LogP contribution in [0, 0.1) is 12.7 Å². The van der Waals surface area contributed by atoms with Gasteiger partial charge in [-0.1, -0.05) is 22.0 Å². The van der Waals surface area contributed by atoms with Crippen molar-refractivity contribution in [2.24, 2.45) is 5.73 Å². The van der Waals surface area contributed by atoms with Crippen molar-refractivity contribution < 1.29 is 8.81 Å². The van der Waals surface area contributed by atoms with E-state index in [9.17, 15) is 4.39 Å². The van der Waals surface area contributed by atoms with Crippen LogP contribution in [0.4, 0.5) is 4.39 Å². The molecule has 1 unspecified atom stereocenters. The highest BCUT2D eigenvalue weighted by molar-refractivity contribution is 9.10. The van der Waals surface area contributed by atoms with Crippen molar-refractivity contribution in [1.82, 2.24) is 4.90 Å². The summed E-state index contributed by atoms with van der Waals surface area (Å²) in [5.74, 6) is 1.46. The fourth-order valence-corrected chi connectivity index (χ4v) is 2.58. The summed E-state index contributed by atoms with van der Waals surface area (Å²) in [6.07, 6.45) is 0. The van der Waals surface area contributed by atoms with Crippen LogP contribution in [-0.4, -0.2) is 18.5 Å². The zero-order valence-corrected chi connectivity index (χ0v) is 13.2. The van der Waals surface area contributed by atoms with Crippen LogP contribution < -0.4 is 5.73 Å². The van der Waals surface area contributed by atoms with Crippen molar-refractivity contribution in [1.29, 1.82) is 0 Å². The van der Waals surface area contributed by atoms with Gasteiger partial charge >= 0.3 is 0 Å². The van der Waals surface area contributed by atoms with Gasteiger partial charge < -0.3 is 10.2 Å². The predicted molar refractivity (Wildman–Crippen MR) is 80.8 cm³/mol. The number of hydrogen-bond donors (Lipinski definition) is 1. The maximum absolute atomic E-state index is 14.1. The van der Waals surface area contributed by atoms with E-state index in [4.69, 9.17) is 10.2 Å². The third-order valence-corrected chi connectivity index (χ3v) is 3.77. The highest BCUT2D eigenvalue weighted by atomic mass is 79.9. The lowest BCUT2D eigenvalue weighted by molar-refractivity contribution is 0.217. The first-order chi connectivity index (χ1) is 9.51. The molecule has 1 atom stereocenters. The molecule has 2 rings (SSSR count). The Morgan fingerprint density at radius 3 is 2.65 bits per heavy atom. The predicted octanol–water partition coefficient (Wildman–Crippen LogP) is 3.62. The summed E-state index contributed by atoms with van der Waals surface area (Å²) in [4.78, 5) is 1.99. The van der Waals surface area contributed by atoms with E-state index in [1.807, 2.05) is 37.1 Å². The van der Waals surface area contributed by atoms with Crippen LogP contribution in [0.1, 0.15) is 23.1 Å². The summed E-state index contributed by atoms with van der Waals surface area (Å²) in [5, 5.41) is 0. The van der Waals surface area contributed by atoms with Gasteiger partial charge in [-0.2, -0.15) is 0 Å². The Balaban J connectivity index is 2.18. The summed E-state index contributed by atoms with van der Waals surface area (Å²) in [6.45, 7) is 2.83. The Labute approximate surface area is 126 Å². The zero-order chi connectivity index (χ0) is 14.7. The lowest BCUT2D eigenvalue weighted by Gasteiger charge is -2.27. The Morgan fingerprint density at radius 1 is 1.35 bits per heavy atom. The standard InChI is InChI=1S/C15H18BrFN2O/c1-10-3-5-12(20-10)9-19(2)15(8-18)13-6-4-11(16)7-14(13)17/h3-7,15H,8-9,18H2,1-2H3. The molecule has 0 saturated heterocycles. The number of likely N-dealkylation sites (N-methyl/N-ethyl adjacent to an activating group) is 1. The number of aryl methyl sites for hydroxylation is 1. The molecule has 1 aromatic heterocycles. The quantitative estimate of drug-likeness (QED) is 0.903. The normalized spacial score (nSPS) is 12.9. The molecule has 0 amide bonds. The minimum Gasteiger partial charge on any atom is -0.465 e. The fraction of sp³-hybridized carbons (Fsp3) is 0.333. The van der Waals surface area contributed by atoms with Crippen LogP contribution >= 0.6 is 15.9 Å². The van der Waals surface area contributed by atoms with Crippen LogP contribution in [0.25, 0.3) is 0 Å². The van der Waals surface area contributed by atoms with E-state index in [1.165, 1.54) is 6.07 Å². The minimum atomic E-state index is -0.252. The number of rotatable bonds is 5. The van der Waals surface area contributed by atoms with Crippen LogP contribution in [0.2, 0.25) is 0 Å². The van der Waals surface area contributed by atoms with Crippen molar-refractivity contribution in [2.45, 2.75) is 19.5 Å². The Morgan fingerprint density at radius 2 is 2.10 bits per heavy atom. The van der Waals surface area contributed by atoms with E-state index in [-0.39, 0.29) is 11.9 Å². The highest BCUT2D eigenvalue weighted by Gasteiger charge is 2.20. The number of halogens is 2. The molecule has 2 aromatic rings. The van der Waals surface area contributed by atoms with E-state index >= 15 is 0 Å². The van der Waals surface area contributed by atoms with E-state index in [0.717, 1.165) is 16.0 Å². The second kappa shape index (κ2) is 6.52. The number of nitrogens with zero attached hydrogens (tertiary/aromatic N) is 1. The SMILES string of the molecule is Cc1ccc(CN(C)C(CN)c2ccc(Br)cc2F)o1. The molecule has 0 aliphatic rings. The van der Waals surface area contributed by atoms with Gasteiger partial charge in [0.1, 0.15) is 17.3 Å². The van der Waals surface area contributed by atoms with Crippen molar-refractivity contribution in [3.05, 3.63) is 57.7 Å². The lowest BCUT2D eigenvalue weighted by Crippen LogP contribution is -2.30. The van der Waals surface area contributed by atoms with Gasteiger partial charge in [-0.15, -0.1) is 0 Å². The van der Waals surface area contributed by atoms with Gasteiger partial charge in [-0.25, -0.2) is 4.39 Å². The first kappa shape index (κ1) is 15.2. The summed E-state index contributed by atoms with van der Waals surface area (Å²) in [6, 6.07) is 8.71. The average Bonchev–Trinajstić information content (AvgIpc) is 2.78. The minimum absolute atomic E-state index is 0.187. The monoisotopic (exact) mass is 340 g/mol. The maximum atomic E-state index is 14.1. The smallest absolute Gasteiger partial charge is 0.129 e. The van der Waals surface area contributed by atoms with Crippen molar-refractivity contribution in [3.8, 4) is 0 Å². The largest absolute Gasteiger partial charge is 0.465 e. The molecule has 0 saturated carbocycles. The number of benzene rings is 1. The fourth-order valence-electron chi connectivity index (χ4n) is 2.24. The summed E-state index contributed by atoms with van der Waals surface area (Å²) >= 11 is 3.26. The van der Waals surface area contributed by atoms with Gasteiger partial charge in [0.25, 0.3) is 0 Å². The second-order valence-corrected chi connectivity index (χ2v) is 5.76. The van der Waals surface area contributed by atoms with E-state index in [2.05, 4.69) is 15.9 Å². The molecule has 0 aliphatic heterocycles. The third-order valence-electron chi connectivity index (χ3n) is 3.28. The Bertz CT molecular complexity index is 585. The molecule has 108 valence electrons. The van der Waals surface area contributed by atoms with Gasteiger partial charge in [0.2, 0.25) is 0 Å². The third kappa shape index (κ3) is 3.48. The van der Waals surface area contributed by atoms with Gasteiger partial charge in [-0.05, 0) is 38.2 Å². The van der Waals surface area contributed by atoms with E-state index in [0.29, 0.717) is 18.7 Å². The summed E-state index contributed by atoms with van der Waals surface area (Å²) in [5.41, 5.74) is 6.42. The first-order valence-corrected chi connectivity index (χ1v) is 7.21. The van der Waals surface area contributed by atoms with Gasteiger partial charge in [0.05, 0.1) is 12.6 Å². The molecule has 20 heavy (non-hydrogen) atoms. The maximum Gasteiger partial charge on any atom is 0.129 e. The molecule has 1 aromatic carbocycles. The van der Waals surface area contributed by atoms with Crippen LogP contribution in [0.3, 0.4) is 0 Å². The zero-order valence-electron chi connectivity index (χ0n) is 11.6. The Hall–Kier alpha value is -1.17. The Kier molecular flexibility index (Phi) is 4.96. The molecule has 0 spiro atoms. The highest BCUT2D eigenvalue weighted by Crippen LogP contribution is 2.25. The van der Waals surface area contributed by atoms with E-state index in [1.54, 1.807) is 6.07 Å². The molecular formula is C15H18BrFN2O. The van der Waals surface area contributed by atoms with E-state index < -0.39 is 0 Å². The second-order valence-electron chi connectivity index (χ2n) is 4.84. The van der Waals surface area contributed by atoms with Crippen molar-refractivity contribution >= 4 is 15.9 Å². The van der Waals surface area contributed by atoms with Crippen LogP contribution in [0.15, 0.2) is 39.2 Å². The number of nitrogens with two attached hydrogens (primary N) is 1. The molecule has 3 nitrogen and oxygen atoms in total.